The number of rotatable bonds is 17. The Morgan fingerprint density at radius 2 is 1.30 bits per heavy atom. The van der Waals surface area contributed by atoms with Crippen LogP contribution in [0.5, 0.6) is 0 Å². The van der Waals surface area contributed by atoms with Gasteiger partial charge in [0.2, 0.25) is 17.7 Å². The first-order valence-corrected chi connectivity index (χ1v) is 14.6. The summed E-state index contributed by atoms with van der Waals surface area (Å²) in [7, 11) is 0. The van der Waals surface area contributed by atoms with Crippen molar-refractivity contribution < 1.29 is 44.1 Å². The van der Waals surface area contributed by atoms with E-state index in [4.69, 9.17) is 15.9 Å². The van der Waals surface area contributed by atoms with Crippen LogP contribution in [0.25, 0.3) is 21.6 Å². The maximum absolute atomic E-state index is 13.2. The number of carbonyl (C=O) groups is 6. The van der Waals surface area contributed by atoms with E-state index in [-0.39, 0.29) is 19.3 Å². The van der Waals surface area contributed by atoms with Crippen molar-refractivity contribution in [3.05, 3.63) is 71.6 Å². The number of carbonyl (C=O) groups excluding carboxylic acids is 3. The molecule has 44 heavy (non-hydrogen) atoms. The Labute approximate surface area is 256 Å². The molecule has 0 aliphatic carbocycles. The van der Waals surface area contributed by atoms with Crippen LogP contribution in [0.1, 0.15) is 37.7 Å². The molecule has 0 aliphatic rings. The van der Waals surface area contributed by atoms with Crippen LogP contribution in [0, 0.1) is 5.92 Å². The lowest BCUT2D eigenvalue weighted by atomic mass is 9.94. The first-order valence-electron chi connectivity index (χ1n) is 13.7. The molecule has 3 atom stereocenters. The van der Waals surface area contributed by atoms with Crippen molar-refractivity contribution in [3.63, 3.8) is 0 Å². The Hall–Kier alpha value is -5.04. The number of primary amides is 1. The number of hydrogen-bond acceptors (Lipinski definition) is 7. The predicted molar refractivity (Wildman–Crippen MR) is 161 cm³/mol. The molecule has 3 aromatic rings. The molecule has 0 spiro atoms. The highest BCUT2D eigenvalue weighted by Gasteiger charge is 2.30. The average Bonchev–Trinajstić information content (AvgIpc) is 3.47. The normalized spacial score (nSPS) is 12.8. The van der Waals surface area contributed by atoms with Crippen molar-refractivity contribution in [2.75, 3.05) is 0 Å². The topological polar surface area (TPSA) is 213 Å². The van der Waals surface area contributed by atoms with Gasteiger partial charge in [-0.2, -0.15) is 0 Å². The minimum Gasteiger partial charge on any atom is -0.481 e. The van der Waals surface area contributed by atoms with Crippen LogP contribution in [-0.4, -0.2) is 63.0 Å². The number of nitrogens with two attached hydrogens (primary N) is 1. The van der Waals surface area contributed by atoms with Crippen LogP contribution >= 0.6 is 11.3 Å². The van der Waals surface area contributed by atoms with Gasteiger partial charge in [0.25, 0.3) is 0 Å². The van der Waals surface area contributed by atoms with E-state index >= 15 is 0 Å². The van der Waals surface area contributed by atoms with Gasteiger partial charge in [-0.15, -0.1) is 11.3 Å². The molecule has 0 aliphatic heterocycles. The molecule has 3 unspecified atom stereocenters. The van der Waals surface area contributed by atoms with Crippen LogP contribution < -0.4 is 16.4 Å². The van der Waals surface area contributed by atoms with Crippen molar-refractivity contribution >= 4 is 47.0 Å². The zero-order valence-electron chi connectivity index (χ0n) is 23.6. The number of carboxylic acid groups (broad SMARTS) is 3. The van der Waals surface area contributed by atoms with Crippen molar-refractivity contribution in [2.45, 2.75) is 50.6 Å². The van der Waals surface area contributed by atoms with Crippen molar-refractivity contribution in [2.24, 2.45) is 11.7 Å². The van der Waals surface area contributed by atoms with Crippen molar-refractivity contribution in [1.82, 2.24) is 10.6 Å². The van der Waals surface area contributed by atoms with Gasteiger partial charge in [-0.1, -0.05) is 54.6 Å². The van der Waals surface area contributed by atoms with Crippen molar-refractivity contribution in [1.29, 1.82) is 0 Å². The van der Waals surface area contributed by atoms with Gasteiger partial charge in [-0.3, -0.25) is 28.8 Å². The zero-order chi connectivity index (χ0) is 32.2. The highest BCUT2D eigenvalue weighted by Crippen LogP contribution is 2.33. The summed E-state index contributed by atoms with van der Waals surface area (Å²) in [6.07, 6.45) is -2.21. The van der Waals surface area contributed by atoms with Gasteiger partial charge in [0.05, 0.1) is 12.3 Å². The summed E-state index contributed by atoms with van der Waals surface area (Å²) in [4.78, 5) is 72.6. The fourth-order valence-electron chi connectivity index (χ4n) is 4.48. The summed E-state index contributed by atoms with van der Waals surface area (Å²) in [5, 5.41) is 34.2. The molecule has 0 radical (unpaired) electrons. The molecule has 0 saturated heterocycles. The third-order valence-corrected chi connectivity index (χ3v) is 7.78. The first kappa shape index (κ1) is 33.5. The number of benzene rings is 2. The third-order valence-electron chi connectivity index (χ3n) is 6.81. The summed E-state index contributed by atoms with van der Waals surface area (Å²) >= 11 is 1.58. The number of aliphatic carboxylic acids is 3. The van der Waals surface area contributed by atoms with Gasteiger partial charge < -0.3 is 31.7 Å². The molecule has 3 rings (SSSR count). The summed E-state index contributed by atoms with van der Waals surface area (Å²) in [6, 6.07) is 16.5. The molecule has 1 aromatic heterocycles. The van der Waals surface area contributed by atoms with E-state index in [2.05, 4.69) is 22.1 Å². The lowest BCUT2D eigenvalue weighted by Gasteiger charge is -2.23. The van der Waals surface area contributed by atoms with Gasteiger partial charge in [0, 0.05) is 17.7 Å². The Morgan fingerprint density at radius 1 is 0.705 bits per heavy atom. The number of thiophene rings is 1. The minimum atomic E-state index is -1.44. The largest absolute Gasteiger partial charge is 0.481 e. The van der Waals surface area contributed by atoms with E-state index in [0.29, 0.717) is 5.56 Å². The van der Waals surface area contributed by atoms with Gasteiger partial charge in [0.1, 0.15) is 12.1 Å². The minimum absolute atomic E-state index is 0.0217. The second kappa shape index (κ2) is 16.0. The van der Waals surface area contributed by atoms with Gasteiger partial charge in [0.15, 0.2) is 0 Å². The number of hydrogen-bond donors (Lipinski definition) is 6. The lowest BCUT2D eigenvalue weighted by Crippen LogP contribution is -2.54. The maximum atomic E-state index is 13.2. The molecule has 12 nitrogen and oxygen atoms in total. The Morgan fingerprint density at radius 3 is 1.86 bits per heavy atom. The molecule has 7 N–H and O–H groups in total. The smallest absolute Gasteiger partial charge is 0.304 e. The van der Waals surface area contributed by atoms with Crippen LogP contribution in [0.15, 0.2) is 66.0 Å². The van der Waals surface area contributed by atoms with Crippen LogP contribution in [0.4, 0.5) is 0 Å². The van der Waals surface area contributed by atoms with Gasteiger partial charge in [-0.25, -0.2) is 0 Å². The molecule has 0 fully saturated rings. The fraction of sp³-hybridized carbons (Fsp3) is 0.290. The van der Waals surface area contributed by atoms with E-state index in [1.165, 1.54) is 0 Å². The highest BCUT2D eigenvalue weighted by molar-refractivity contribution is 7.14. The SMILES string of the molecule is NC(=O)C(CCC(=O)O)NC(=O)C(CCC(=O)O)NC(=O)C(CC(=O)O)Cc1ccc(-c2cc(-c3ccccc3)cs2)cc1. The molecule has 3 amide bonds. The quantitative estimate of drug-likeness (QED) is 0.130. The number of nitrogens with one attached hydrogen (secondary N) is 2. The standard InChI is InChI=1S/C31H33N3O9S/c32-29(41)23(10-12-26(35)36)33-31(43)24(11-13-27(37)38)34-30(42)21(16-28(39)40)14-18-6-8-20(9-7-18)25-15-22(17-44-25)19-4-2-1-3-5-19/h1-9,15,17,21,23-24H,10-14,16H2,(H2,32,41)(H,33,43)(H,34,42)(H,35,36)(H,37,38)(H,39,40). The zero-order valence-corrected chi connectivity index (χ0v) is 24.4. The molecule has 13 heteroatoms. The molecular weight excluding hydrogens is 590 g/mol. The van der Waals surface area contributed by atoms with Gasteiger partial charge >= 0.3 is 17.9 Å². The Bertz CT molecular complexity index is 1490. The maximum Gasteiger partial charge on any atom is 0.304 e. The van der Waals surface area contributed by atoms with Crippen LogP contribution in [0.2, 0.25) is 0 Å². The summed E-state index contributed by atoms with van der Waals surface area (Å²) < 4.78 is 0. The molecule has 2 aromatic carbocycles. The second-order valence-corrected chi connectivity index (χ2v) is 11.1. The molecular formula is C31H33N3O9S. The highest BCUT2D eigenvalue weighted by atomic mass is 32.1. The molecule has 232 valence electrons. The van der Waals surface area contributed by atoms with E-state index in [9.17, 15) is 33.9 Å². The van der Waals surface area contributed by atoms with Gasteiger partial charge in [-0.05, 0) is 53.0 Å². The average molecular weight is 624 g/mol. The van der Waals surface area contributed by atoms with E-state index in [0.717, 1.165) is 21.6 Å². The second-order valence-electron chi connectivity index (χ2n) is 10.2. The third kappa shape index (κ3) is 10.3. The van der Waals surface area contributed by atoms with E-state index in [1.54, 1.807) is 23.5 Å². The molecule has 0 bridgehead atoms. The monoisotopic (exact) mass is 623 g/mol. The van der Waals surface area contributed by atoms with E-state index in [1.807, 2.05) is 42.5 Å². The molecule has 0 saturated carbocycles. The Kier molecular flexibility index (Phi) is 12.2. The summed E-state index contributed by atoms with van der Waals surface area (Å²) in [6.45, 7) is 0. The summed E-state index contributed by atoms with van der Waals surface area (Å²) in [5.74, 6) is -7.58. The first-order chi connectivity index (χ1) is 20.9. The van der Waals surface area contributed by atoms with Crippen LogP contribution in [0.3, 0.4) is 0 Å². The Balaban J connectivity index is 1.73. The van der Waals surface area contributed by atoms with Crippen molar-refractivity contribution in [3.8, 4) is 21.6 Å². The summed E-state index contributed by atoms with van der Waals surface area (Å²) in [5.41, 5.74) is 9.05. The fourth-order valence-corrected chi connectivity index (χ4v) is 5.40. The number of carboxylic acids is 3. The number of amides is 3. The van der Waals surface area contributed by atoms with Crippen LogP contribution in [-0.2, 0) is 35.2 Å². The van der Waals surface area contributed by atoms with E-state index < -0.39 is 72.9 Å². The predicted octanol–water partition coefficient (Wildman–Crippen LogP) is 2.90. The lowest BCUT2D eigenvalue weighted by molar-refractivity contribution is -0.142. The molecule has 1 heterocycles.